The lowest BCUT2D eigenvalue weighted by atomic mass is 9.87. The Hall–Kier alpha value is -2.76. The Morgan fingerprint density at radius 2 is 1.74 bits per heavy atom. The SMILES string of the molecule is CC(=O)CC(C)CC(CNc1ncc(C(=O)N(C)C)cn1)c1ccccc1. The smallest absolute Gasteiger partial charge is 0.256 e. The third-order valence-corrected chi connectivity index (χ3v) is 4.41. The van der Waals surface area contributed by atoms with Gasteiger partial charge in [-0.25, -0.2) is 9.97 Å². The van der Waals surface area contributed by atoms with Gasteiger partial charge in [0.25, 0.3) is 5.91 Å². The molecule has 2 unspecified atom stereocenters. The molecular weight excluding hydrogens is 340 g/mol. The lowest BCUT2D eigenvalue weighted by Gasteiger charge is -2.21. The zero-order valence-electron chi connectivity index (χ0n) is 16.5. The number of hydrogen-bond acceptors (Lipinski definition) is 5. The van der Waals surface area contributed by atoms with Gasteiger partial charge in [-0.05, 0) is 24.8 Å². The van der Waals surface area contributed by atoms with Crippen LogP contribution < -0.4 is 5.32 Å². The van der Waals surface area contributed by atoms with Crippen molar-refractivity contribution in [2.24, 2.45) is 5.92 Å². The summed E-state index contributed by atoms with van der Waals surface area (Å²) in [6.45, 7) is 4.40. The molecule has 2 atom stereocenters. The molecule has 6 heteroatoms. The van der Waals surface area contributed by atoms with Gasteiger partial charge >= 0.3 is 0 Å². The van der Waals surface area contributed by atoms with E-state index < -0.39 is 0 Å². The number of hydrogen-bond donors (Lipinski definition) is 1. The fourth-order valence-corrected chi connectivity index (χ4v) is 3.12. The second-order valence-corrected chi connectivity index (χ2v) is 7.23. The number of ketones is 1. The third-order valence-electron chi connectivity index (χ3n) is 4.41. The zero-order valence-corrected chi connectivity index (χ0v) is 16.5. The van der Waals surface area contributed by atoms with E-state index in [-0.39, 0.29) is 17.6 Å². The van der Waals surface area contributed by atoms with Crippen molar-refractivity contribution in [3.63, 3.8) is 0 Å². The van der Waals surface area contributed by atoms with Crippen molar-refractivity contribution in [1.29, 1.82) is 0 Å². The van der Waals surface area contributed by atoms with Crippen molar-refractivity contribution in [2.45, 2.75) is 32.6 Å². The molecule has 0 aliphatic carbocycles. The quantitative estimate of drug-likeness (QED) is 0.734. The van der Waals surface area contributed by atoms with Crippen LogP contribution in [0.25, 0.3) is 0 Å². The van der Waals surface area contributed by atoms with Crippen molar-refractivity contribution in [2.75, 3.05) is 26.0 Å². The van der Waals surface area contributed by atoms with Crippen molar-refractivity contribution in [1.82, 2.24) is 14.9 Å². The van der Waals surface area contributed by atoms with E-state index >= 15 is 0 Å². The average Bonchev–Trinajstić information content (AvgIpc) is 2.65. The predicted molar refractivity (Wildman–Crippen MR) is 107 cm³/mol. The number of anilines is 1. The summed E-state index contributed by atoms with van der Waals surface area (Å²) in [5.74, 6) is 1.13. The van der Waals surface area contributed by atoms with Gasteiger partial charge in [-0.1, -0.05) is 37.3 Å². The molecular formula is C21H28N4O2. The molecule has 0 spiro atoms. The maximum absolute atomic E-state index is 11.9. The van der Waals surface area contributed by atoms with Crippen LogP contribution in [-0.4, -0.2) is 47.2 Å². The molecule has 144 valence electrons. The van der Waals surface area contributed by atoms with Crippen LogP contribution in [0.3, 0.4) is 0 Å². The van der Waals surface area contributed by atoms with Gasteiger partial charge in [0.15, 0.2) is 0 Å². The summed E-state index contributed by atoms with van der Waals surface area (Å²) in [6, 6.07) is 10.3. The number of amides is 1. The Labute approximate surface area is 161 Å². The van der Waals surface area contributed by atoms with Crippen LogP contribution in [0.5, 0.6) is 0 Å². The van der Waals surface area contributed by atoms with Crippen LogP contribution in [0.1, 0.15) is 48.5 Å². The molecule has 1 aromatic carbocycles. The van der Waals surface area contributed by atoms with Gasteiger partial charge in [0.2, 0.25) is 5.95 Å². The van der Waals surface area contributed by atoms with Gasteiger partial charge in [0.1, 0.15) is 5.78 Å². The highest BCUT2D eigenvalue weighted by molar-refractivity contribution is 5.93. The Balaban J connectivity index is 2.04. The summed E-state index contributed by atoms with van der Waals surface area (Å²) < 4.78 is 0. The average molecular weight is 368 g/mol. The molecule has 1 N–H and O–H groups in total. The standard InChI is InChI=1S/C21H28N4O2/c1-15(10-16(2)26)11-18(17-8-6-5-7-9-17)12-22-21-23-13-19(14-24-21)20(27)25(3)4/h5-9,13-15,18H,10-12H2,1-4H3,(H,22,23,24). The highest BCUT2D eigenvalue weighted by Crippen LogP contribution is 2.26. The molecule has 0 saturated heterocycles. The minimum Gasteiger partial charge on any atom is -0.354 e. The molecule has 0 aliphatic rings. The summed E-state index contributed by atoms with van der Waals surface area (Å²) in [5, 5.41) is 3.27. The van der Waals surface area contributed by atoms with E-state index in [4.69, 9.17) is 0 Å². The lowest BCUT2D eigenvalue weighted by molar-refractivity contribution is -0.117. The molecule has 27 heavy (non-hydrogen) atoms. The van der Waals surface area contributed by atoms with Crippen LogP contribution in [0.2, 0.25) is 0 Å². The van der Waals surface area contributed by atoms with Gasteiger partial charge in [0.05, 0.1) is 5.56 Å². The first-order valence-corrected chi connectivity index (χ1v) is 9.18. The second kappa shape index (κ2) is 9.80. The number of nitrogens with one attached hydrogen (secondary N) is 1. The van der Waals surface area contributed by atoms with Crippen molar-refractivity contribution >= 4 is 17.6 Å². The number of carbonyl (C=O) groups is 2. The molecule has 1 amide bonds. The highest BCUT2D eigenvalue weighted by Gasteiger charge is 2.17. The zero-order chi connectivity index (χ0) is 19.8. The number of rotatable bonds is 9. The van der Waals surface area contributed by atoms with Gasteiger partial charge in [-0.3, -0.25) is 4.79 Å². The molecule has 0 aliphatic heterocycles. The first-order chi connectivity index (χ1) is 12.9. The van der Waals surface area contributed by atoms with E-state index in [9.17, 15) is 9.59 Å². The van der Waals surface area contributed by atoms with E-state index in [0.717, 1.165) is 6.42 Å². The molecule has 0 radical (unpaired) electrons. The van der Waals surface area contributed by atoms with Crippen LogP contribution in [-0.2, 0) is 4.79 Å². The number of aromatic nitrogens is 2. The fraction of sp³-hybridized carbons (Fsp3) is 0.429. The number of benzene rings is 1. The third kappa shape index (κ3) is 6.47. The minimum absolute atomic E-state index is 0.123. The minimum atomic E-state index is -0.123. The van der Waals surface area contributed by atoms with Gasteiger partial charge in [-0.2, -0.15) is 0 Å². The van der Waals surface area contributed by atoms with Gasteiger partial charge in [0, 0.05) is 45.4 Å². The van der Waals surface area contributed by atoms with Crippen LogP contribution >= 0.6 is 0 Å². The Bertz CT molecular complexity index is 745. The monoisotopic (exact) mass is 368 g/mol. The van der Waals surface area contributed by atoms with E-state index in [0.29, 0.717) is 30.4 Å². The first-order valence-electron chi connectivity index (χ1n) is 9.18. The molecule has 1 aromatic heterocycles. The largest absolute Gasteiger partial charge is 0.354 e. The molecule has 6 nitrogen and oxygen atoms in total. The van der Waals surface area contributed by atoms with E-state index in [1.54, 1.807) is 21.0 Å². The molecule has 1 heterocycles. The normalized spacial score (nSPS) is 12.9. The highest BCUT2D eigenvalue weighted by atomic mass is 16.2. The topological polar surface area (TPSA) is 75.2 Å². The summed E-state index contributed by atoms with van der Waals surface area (Å²) in [4.78, 5) is 33.3. The van der Waals surface area contributed by atoms with Crippen LogP contribution in [0, 0.1) is 5.92 Å². The van der Waals surface area contributed by atoms with Gasteiger partial charge < -0.3 is 15.0 Å². The molecule has 0 saturated carbocycles. The first kappa shape index (κ1) is 20.6. The van der Waals surface area contributed by atoms with Gasteiger partial charge in [-0.15, -0.1) is 0 Å². The van der Waals surface area contributed by atoms with E-state index in [1.807, 2.05) is 18.2 Å². The Kier molecular flexibility index (Phi) is 7.46. The second-order valence-electron chi connectivity index (χ2n) is 7.23. The summed E-state index contributed by atoms with van der Waals surface area (Å²) in [5.41, 5.74) is 1.68. The summed E-state index contributed by atoms with van der Waals surface area (Å²) >= 11 is 0. The van der Waals surface area contributed by atoms with E-state index in [2.05, 4.69) is 34.3 Å². The lowest BCUT2D eigenvalue weighted by Crippen LogP contribution is -2.22. The molecule has 2 aromatic rings. The Morgan fingerprint density at radius 1 is 1.11 bits per heavy atom. The van der Waals surface area contributed by atoms with E-state index in [1.165, 1.54) is 22.9 Å². The molecule has 0 fully saturated rings. The molecule has 0 bridgehead atoms. The Morgan fingerprint density at radius 3 is 2.30 bits per heavy atom. The maximum Gasteiger partial charge on any atom is 0.256 e. The van der Waals surface area contributed by atoms with Crippen molar-refractivity contribution in [3.8, 4) is 0 Å². The molecule has 2 rings (SSSR count). The summed E-state index contributed by atoms with van der Waals surface area (Å²) in [7, 11) is 3.39. The van der Waals surface area contributed by atoms with Crippen molar-refractivity contribution < 1.29 is 9.59 Å². The maximum atomic E-state index is 11.9. The van der Waals surface area contributed by atoms with Crippen LogP contribution in [0.15, 0.2) is 42.7 Å². The van der Waals surface area contributed by atoms with Crippen LogP contribution in [0.4, 0.5) is 5.95 Å². The number of Topliss-reactive ketones (excluding diaryl/α,β-unsaturated/α-hetero) is 1. The fourth-order valence-electron chi connectivity index (χ4n) is 3.12. The summed E-state index contributed by atoms with van der Waals surface area (Å²) in [6.07, 6.45) is 4.55. The predicted octanol–water partition coefficient (Wildman–Crippen LogP) is 3.38. The van der Waals surface area contributed by atoms with Crippen molar-refractivity contribution in [3.05, 3.63) is 53.9 Å². The number of carbonyl (C=O) groups excluding carboxylic acids is 2. The number of nitrogens with zero attached hydrogens (tertiary/aromatic N) is 3.